The molecule has 1 aromatic carbocycles. The molecule has 4 heterocycles. The number of carbonyl (C=O) groups is 4. The minimum Gasteiger partial charge on any atom is -0.453 e. The molecule has 2 aliphatic heterocycles. The fourth-order valence-corrected chi connectivity index (χ4v) is 6.81. The fraction of sp³-hybridized carbons (Fsp3) is 0.474. The summed E-state index contributed by atoms with van der Waals surface area (Å²) in [5, 5.41) is 5.23. The molecule has 2 unspecified atom stereocenters. The Hall–Kier alpha value is -5.84. The summed E-state index contributed by atoms with van der Waals surface area (Å²) in [4.78, 5) is 70.3. The maximum atomic E-state index is 13.6. The van der Waals surface area contributed by atoms with Crippen LogP contribution in [0.4, 0.5) is 9.59 Å². The lowest BCUT2D eigenvalue weighted by molar-refractivity contribution is -0.141. The van der Waals surface area contributed by atoms with Crippen molar-refractivity contribution in [3.63, 3.8) is 0 Å². The molecule has 2 fully saturated rings. The summed E-state index contributed by atoms with van der Waals surface area (Å²) in [6, 6.07) is 7.02. The number of amides is 4. The molecule has 3 aromatic rings. The Morgan fingerprint density at radius 3 is 1.78 bits per heavy atom. The van der Waals surface area contributed by atoms with Crippen LogP contribution in [-0.2, 0) is 28.5 Å². The molecule has 4 N–H and O–H groups in total. The molecule has 2 aliphatic rings. The molecule has 0 saturated carbocycles. The van der Waals surface area contributed by atoms with Gasteiger partial charge in [-0.2, -0.15) is 0 Å². The monoisotopic (exact) mass is 742 g/mol. The standard InChI is InChI=1S/C38H46N8O8/c1-37(23-51-3,43-35(49)53-5)33(47)45-19-9-13-29(45)31-39-21-27(41-31)12-8-7-11-25-15-17-26(18-16-25)28-22-40-32(42-28)30-14-10-20-46(30)34(48)38(2,24-52-4)44-36(50)54-6/h15-18,21-22,29-30H,9-10,13-14,19-20,23-24H2,1-6H3,(H,39,41)(H,40,42)(H,43,49)(H,44,50)/t29-,30-,37?,38?/m0/s1. The molecule has 54 heavy (non-hydrogen) atoms. The van der Waals surface area contributed by atoms with Crippen LogP contribution in [-0.4, -0.2) is 120 Å². The molecule has 4 atom stereocenters. The van der Waals surface area contributed by atoms with Crippen molar-refractivity contribution in [2.24, 2.45) is 0 Å². The van der Waals surface area contributed by atoms with Crippen LogP contribution < -0.4 is 10.6 Å². The highest BCUT2D eigenvalue weighted by Crippen LogP contribution is 2.34. The van der Waals surface area contributed by atoms with Crippen molar-refractivity contribution in [1.82, 2.24) is 40.4 Å². The Morgan fingerprint density at radius 1 is 0.759 bits per heavy atom. The van der Waals surface area contributed by atoms with Crippen molar-refractivity contribution in [2.45, 2.75) is 62.7 Å². The van der Waals surface area contributed by atoms with E-state index in [0.717, 1.165) is 36.1 Å². The Labute approximate surface area is 314 Å². The number of H-pyrrole nitrogens is 2. The molecule has 16 nitrogen and oxygen atoms in total. The van der Waals surface area contributed by atoms with Gasteiger partial charge in [-0.25, -0.2) is 19.6 Å². The first kappa shape index (κ1) is 39.4. The molecule has 5 rings (SSSR count). The molecule has 16 heteroatoms. The molecule has 4 amide bonds. The van der Waals surface area contributed by atoms with Crippen LogP contribution in [0.2, 0.25) is 0 Å². The van der Waals surface area contributed by atoms with E-state index in [1.54, 1.807) is 36.0 Å². The summed E-state index contributed by atoms with van der Waals surface area (Å²) < 4.78 is 20.0. The Bertz CT molecular complexity index is 1950. The number of rotatable bonds is 11. The zero-order valence-electron chi connectivity index (χ0n) is 31.3. The lowest BCUT2D eigenvalue weighted by atomic mass is 10.0. The van der Waals surface area contributed by atoms with Gasteiger partial charge in [0.05, 0.1) is 57.6 Å². The van der Waals surface area contributed by atoms with E-state index in [1.165, 1.54) is 28.4 Å². The van der Waals surface area contributed by atoms with Gasteiger partial charge in [0.25, 0.3) is 11.8 Å². The summed E-state index contributed by atoms with van der Waals surface area (Å²) >= 11 is 0. The first-order valence-corrected chi connectivity index (χ1v) is 17.5. The van der Waals surface area contributed by atoms with Gasteiger partial charge in [0.1, 0.15) is 28.4 Å². The van der Waals surface area contributed by atoms with Gasteiger partial charge < -0.3 is 49.3 Å². The summed E-state index contributed by atoms with van der Waals surface area (Å²) in [5.41, 5.74) is 0.389. The van der Waals surface area contributed by atoms with Gasteiger partial charge in [-0.1, -0.05) is 18.1 Å². The van der Waals surface area contributed by atoms with Gasteiger partial charge in [0.2, 0.25) is 0 Å². The minimum atomic E-state index is -1.31. The third kappa shape index (κ3) is 8.85. The molecule has 2 saturated heterocycles. The number of hydrogen-bond acceptors (Lipinski definition) is 10. The van der Waals surface area contributed by atoms with E-state index < -0.39 is 23.3 Å². The molecule has 286 valence electrons. The van der Waals surface area contributed by atoms with E-state index in [9.17, 15) is 19.2 Å². The maximum Gasteiger partial charge on any atom is 0.407 e. The first-order valence-electron chi connectivity index (χ1n) is 17.5. The predicted octanol–water partition coefficient (Wildman–Crippen LogP) is 3.05. The van der Waals surface area contributed by atoms with Crippen molar-refractivity contribution in [2.75, 3.05) is 54.7 Å². The Morgan fingerprint density at radius 2 is 1.26 bits per heavy atom. The van der Waals surface area contributed by atoms with Crippen LogP contribution in [0, 0.1) is 23.7 Å². The Kier molecular flexibility index (Phi) is 12.6. The van der Waals surface area contributed by atoms with E-state index in [2.05, 4.69) is 54.3 Å². The number of methoxy groups -OCH3 is 4. The largest absolute Gasteiger partial charge is 0.453 e. The third-order valence-electron chi connectivity index (χ3n) is 9.45. The topological polar surface area (TPSA) is 193 Å². The van der Waals surface area contributed by atoms with E-state index in [1.807, 2.05) is 24.3 Å². The van der Waals surface area contributed by atoms with Crippen LogP contribution in [0.5, 0.6) is 0 Å². The second-order valence-electron chi connectivity index (χ2n) is 13.5. The van der Waals surface area contributed by atoms with Crippen molar-refractivity contribution in [3.05, 3.63) is 59.6 Å². The molecule has 0 radical (unpaired) electrons. The highest BCUT2D eigenvalue weighted by atomic mass is 16.5. The van der Waals surface area contributed by atoms with Crippen LogP contribution in [0.1, 0.15) is 74.5 Å². The molecular formula is C38H46N8O8. The zero-order valence-corrected chi connectivity index (χ0v) is 31.3. The summed E-state index contributed by atoms with van der Waals surface area (Å²) in [6.07, 6.45) is 4.90. The quantitative estimate of drug-likeness (QED) is 0.212. The number of hydrogen-bond donors (Lipinski definition) is 4. The lowest BCUT2D eigenvalue weighted by Crippen LogP contribution is -2.60. The number of carbonyl (C=O) groups excluding carboxylic acids is 4. The predicted molar refractivity (Wildman–Crippen MR) is 195 cm³/mol. The fourth-order valence-electron chi connectivity index (χ4n) is 6.81. The number of nitrogens with zero attached hydrogens (tertiary/aromatic N) is 4. The van der Waals surface area contributed by atoms with Crippen molar-refractivity contribution in [1.29, 1.82) is 0 Å². The minimum absolute atomic E-state index is 0.0172. The third-order valence-corrected chi connectivity index (χ3v) is 9.45. The number of nitrogens with one attached hydrogen (secondary N) is 4. The molecule has 0 aliphatic carbocycles. The highest BCUT2D eigenvalue weighted by molar-refractivity contribution is 5.91. The van der Waals surface area contributed by atoms with Gasteiger partial charge in [-0.05, 0) is 75.0 Å². The van der Waals surface area contributed by atoms with Gasteiger partial charge in [-0.3, -0.25) is 9.59 Å². The summed E-state index contributed by atoms with van der Waals surface area (Å²) in [6.45, 7) is 4.21. The van der Waals surface area contributed by atoms with Gasteiger partial charge >= 0.3 is 12.2 Å². The van der Waals surface area contributed by atoms with Crippen molar-refractivity contribution < 1.29 is 38.1 Å². The number of imidazole rings is 2. The first-order chi connectivity index (χ1) is 25.9. The summed E-state index contributed by atoms with van der Waals surface area (Å²) in [5.74, 6) is 12.4. The average molecular weight is 743 g/mol. The van der Waals surface area contributed by atoms with Crippen LogP contribution in [0.3, 0.4) is 0 Å². The molecule has 0 spiro atoms. The number of likely N-dealkylation sites (tertiary alicyclic amines) is 2. The second-order valence-corrected chi connectivity index (χ2v) is 13.5. The number of ether oxygens (including phenoxy) is 4. The van der Waals surface area contributed by atoms with E-state index in [-0.39, 0.29) is 37.1 Å². The number of aromatic amines is 2. The Balaban J connectivity index is 1.21. The van der Waals surface area contributed by atoms with E-state index in [4.69, 9.17) is 18.9 Å². The SMILES string of the molecule is COCC(C)(NC(=O)OC)C(=O)N1CCC[C@H]1c1ncc(C#CC#Cc2ccc(-c3cnc([C@@H]4CCCN4C(=O)C(C)(COC)NC(=O)OC)[nH]3)cc2)[nH]1. The number of aromatic nitrogens is 4. The second kappa shape index (κ2) is 17.3. The maximum absolute atomic E-state index is 13.6. The number of benzene rings is 1. The van der Waals surface area contributed by atoms with Crippen molar-refractivity contribution >= 4 is 24.0 Å². The van der Waals surface area contributed by atoms with E-state index >= 15 is 0 Å². The van der Waals surface area contributed by atoms with Gasteiger partial charge in [-0.15, -0.1) is 0 Å². The average Bonchev–Trinajstić information content (AvgIpc) is 4.00. The normalized spacial score (nSPS) is 18.6. The molecule has 0 bridgehead atoms. The van der Waals surface area contributed by atoms with Crippen molar-refractivity contribution in [3.8, 4) is 34.9 Å². The van der Waals surface area contributed by atoms with Gasteiger partial charge in [0, 0.05) is 32.9 Å². The molecular weight excluding hydrogens is 696 g/mol. The van der Waals surface area contributed by atoms with E-state index in [0.29, 0.717) is 36.9 Å². The highest BCUT2D eigenvalue weighted by Gasteiger charge is 2.45. The van der Waals surface area contributed by atoms with Crippen LogP contribution >= 0.6 is 0 Å². The smallest absolute Gasteiger partial charge is 0.407 e. The van der Waals surface area contributed by atoms with Crippen LogP contribution in [0.25, 0.3) is 11.3 Å². The zero-order chi connectivity index (χ0) is 38.9. The van der Waals surface area contributed by atoms with Crippen LogP contribution in [0.15, 0.2) is 36.7 Å². The number of alkyl carbamates (subject to hydrolysis) is 2. The van der Waals surface area contributed by atoms with Gasteiger partial charge in [0.15, 0.2) is 0 Å². The lowest BCUT2D eigenvalue weighted by Gasteiger charge is -2.34. The summed E-state index contributed by atoms with van der Waals surface area (Å²) in [7, 11) is 5.42. The molecule has 2 aromatic heterocycles.